The van der Waals surface area contributed by atoms with Crippen LogP contribution in [0.2, 0.25) is 0 Å². The summed E-state index contributed by atoms with van der Waals surface area (Å²) in [6.07, 6.45) is 0.995. The van der Waals surface area contributed by atoms with Crippen LogP contribution in [0.5, 0.6) is 0 Å². The van der Waals surface area contributed by atoms with Gasteiger partial charge in [0.25, 0.3) is 0 Å². The lowest BCUT2D eigenvalue weighted by Crippen LogP contribution is -2.23. The highest BCUT2D eigenvalue weighted by Gasteiger charge is 2.20. The number of nitrogens with two attached hydrogens (primary N) is 1. The zero-order valence-electron chi connectivity index (χ0n) is 14.9. The predicted molar refractivity (Wildman–Crippen MR) is 98.5 cm³/mol. The van der Waals surface area contributed by atoms with Crippen molar-refractivity contribution in [3.63, 3.8) is 0 Å². The Morgan fingerprint density at radius 1 is 1.19 bits per heavy atom. The topological polar surface area (TPSA) is 89.9 Å². The van der Waals surface area contributed by atoms with Gasteiger partial charge >= 0.3 is 0 Å². The number of halogens is 1. The van der Waals surface area contributed by atoms with E-state index in [0.29, 0.717) is 35.4 Å². The molecule has 0 aliphatic carbocycles. The van der Waals surface area contributed by atoms with Crippen LogP contribution in [0.3, 0.4) is 0 Å². The van der Waals surface area contributed by atoms with Gasteiger partial charge in [-0.05, 0) is 30.9 Å². The summed E-state index contributed by atoms with van der Waals surface area (Å²) < 4.78 is 15.8. The molecule has 0 saturated carbocycles. The van der Waals surface area contributed by atoms with Crippen molar-refractivity contribution in [3.8, 4) is 23.2 Å². The van der Waals surface area contributed by atoms with E-state index in [1.807, 2.05) is 13.8 Å². The molecule has 0 fully saturated rings. The largest absolute Gasteiger partial charge is 0.382 e. The molecule has 6 nitrogen and oxygen atoms in total. The van der Waals surface area contributed by atoms with Gasteiger partial charge in [-0.2, -0.15) is 0 Å². The quantitative estimate of drug-likeness (QED) is 0.707. The van der Waals surface area contributed by atoms with E-state index in [9.17, 15) is 9.50 Å². The highest BCUT2D eigenvalue weighted by Crippen LogP contribution is 2.26. The Balaban J connectivity index is 2.14. The molecule has 26 heavy (non-hydrogen) atoms. The molecule has 0 unspecified atom stereocenters. The van der Waals surface area contributed by atoms with Gasteiger partial charge in [-0.15, -0.1) is 0 Å². The Bertz CT molecular complexity index is 1030. The lowest BCUT2D eigenvalue weighted by Gasteiger charge is -2.16. The number of imidazole rings is 1. The number of fused-ring (bicyclic) bond motifs is 1. The van der Waals surface area contributed by atoms with Crippen molar-refractivity contribution in [3.05, 3.63) is 35.9 Å². The number of hydrogen-bond donors (Lipinski definition) is 2. The maximum absolute atomic E-state index is 14.1. The minimum atomic E-state index is -1.09. The molecule has 0 atom stereocenters. The second-order valence-electron chi connectivity index (χ2n) is 6.07. The molecule has 0 saturated heterocycles. The van der Waals surface area contributed by atoms with E-state index in [-0.39, 0.29) is 17.5 Å². The van der Waals surface area contributed by atoms with Gasteiger partial charge in [-0.3, -0.25) is 0 Å². The summed E-state index contributed by atoms with van der Waals surface area (Å²) in [6.45, 7) is 3.72. The van der Waals surface area contributed by atoms with Gasteiger partial charge in [0.1, 0.15) is 17.2 Å². The molecule has 3 N–H and O–H groups in total. The van der Waals surface area contributed by atoms with Crippen molar-refractivity contribution in [2.75, 3.05) is 5.73 Å². The Labute approximate surface area is 150 Å². The molecule has 0 radical (unpaired) electrons. The van der Waals surface area contributed by atoms with E-state index < -0.39 is 5.60 Å². The second-order valence-corrected chi connectivity index (χ2v) is 6.07. The first-order valence-electron chi connectivity index (χ1n) is 8.39. The molecular weight excluding hydrogens is 333 g/mol. The highest BCUT2D eigenvalue weighted by molar-refractivity contribution is 5.85. The van der Waals surface area contributed by atoms with Crippen LogP contribution in [-0.2, 0) is 7.05 Å². The van der Waals surface area contributed by atoms with Crippen molar-refractivity contribution in [2.45, 2.75) is 32.3 Å². The molecule has 2 heterocycles. The Morgan fingerprint density at radius 3 is 2.54 bits per heavy atom. The fraction of sp³-hybridized carbons (Fsp3) is 0.316. The van der Waals surface area contributed by atoms with E-state index in [1.54, 1.807) is 29.8 Å². The zero-order chi connectivity index (χ0) is 18.9. The van der Waals surface area contributed by atoms with Gasteiger partial charge in [0, 0.05) is 7.05 Å². The highest BCUT2D eigenvalue weighted by atomic mass is 19.1. The van der Waals surface area contributed by atoms with Crippen LogP contribution >= 0.6 is 0 Å². The Morgan fingerprint density at radius 2 is 1.88 bits per heavy atom. The van der Waals surface area contributed by atoms with Crippen molar-refractivity contribution in [1.82, 2.24) is 19.5 Å². The molecule has 0 aliphatic rings. The van der Waals surface area contributed by atoms with Gasteiger partial charge in [-0.25, -0.2) is 19.3 Å². The molecule has 0 aliphatic heterocycles. The van der Waals surface area contributed by atoms with Gasteiger partial charge < -0.3 is 15.4 Å². The Hall–Kier alpha value is -2.98. The average molecular weight is 353 g/mol. The fourth-order valence-corrected chi connectivity index (χ4v) is 2.62. The maximum Gasteiger partial charge on any atom is 0.209 e. The number of aromatic nitrogens is 4. The van der Waals surface area contributed by atoms with Crippen molar-refractivity contribution < 1.29 is 9.50 Å². The van der Waals surface area contributed by atoms with Crippen LogP contribution in [0.4, 0.5) is 10.2 Å². The third-order valence-corrected chi connectivity index (χ3v) is 4.44. The lowest BCUT2D eigenvalue weighted by molar-refractivity contribution is 0.0931. The van der Waals surface area contributed by atoms with Gasteiger partial charge in [0.15, 0.2) is 17.0 Å². The number of rotatable bonds is 3. The molecule has 1 aromatic carbocycles. The standard InChI is InChI=1S/C19H20FN5O/c1-4-19(26,5-2)11-10-14-22-16(21)15-18(23-14)25(3)17(24-15)12-8-6-7-9-13(12)20/h6-9,26H,4-5H2,1-3H3,(H2,21,22,23). The first kappa shape index (κ1) is 17.8. The number of anilines is 1. The molecule has 0 spiro atoms. The van der Waals surface area contributed by atoms with Crippen molar-refractivity contribution in [1.29, 1.82) is 0 Å². The van der Waals surface area contributed by atoms with E-state index in [4.69, 9.17) is 5.73 Å². The van der Waals surface area contributed by atoms with Crippen LogP contribution in [0.25, 0.3) is 22.6 Å². The normalized spacial score (nSPS) is 11.4. The van der Waals surface area contributed by atoms with Crippen LogP contribution in [0.15, 0.2) is 24.3 Å². The third kappa shape index (κ3) is 3.11. The van der Waals surface area contributed by atoms with Crippen LogP contribution < -0.4 is 5.73 Å². The lowest BCUT2D eigenvalue weighted by atomic mass is 9.98. The molecule has 3 rings (SSSR count). The molecular formula is C19H20FN5O. The van der Waals surface area contributed by atoms with E-state index >= 15 is 0 Å². The second kappa shape index (κ2) is 6.73. The fourth-order valence-electron chi connectivity index (χ4n) is 2.62. The summed E-state index contributed by atoms with van der Waals surface area (Å²) in [5.41, 5.74) is 6.12. The molecule has 2 aromatic heterocycles. The first-order valence-corrected chi connectivity index (χ1v) is 8.39. The summed E-state index contributed by atoms with van der Waals surface area (Å²) in [7, 11) is 1.73. The average Bonchev–Trinajstić information content (AvgIpc) is 2.97. The van der Waals surface area contributed by atoms with Crippen molar-refractivity contribution in [2.24, 2.45) is 7.05 Å². The molecule has 0 bridgehead atoms. The van der Waals surface area contributed by atoms with Crippen LogP contribution in [-0.4, -0.2) is 30.2 Å². The third-order valence-electron chi connectivity index (χ3n) is 4.44. The number of benzene rings is 1. The van der Waals surface area contributed by atoms with Crippen LogP contribution in [0, 0.1) is 17.7 Å². The zero-order valence-corrected chi connectivity index (χ0v) is 14.9. The summed E-state index contributed by atoms with van der Waals surface area (Å²) in [4.78, 5) is 12.9. The van der Waals surface area contributed by atoms with Gasteiger partial charge in [0.2, 0.25) is 5.82 Å². The minimum Gasteiger partial charge on any atom is -0.382 e. The summed E-state index contributed by atoms with van der Waals surface area (Å²) in [6, 6.07) is 6.37. The van der Waals surface area contributed by atoms with Crippen LogP contribution in [0.1, 0.15) is 32.5 Å². The molecule has 134 valence electrons. The molecule has 7 heteroatoms. The number of aliphatic hydroxyl groups is 1. The SMILES string of the molecule is CCC(O)(C#Cc1nc(N)c2nc(-c3ccccc3F)n(C)c2n1)CC. The van der Waals surface area contributed by atoms with E-state index in [1.165, 1.54) is 6.07 Å². The van der Waals surface area contributed by atoms with Gasteiger partial charge in [0.05, 0.1) is 5.56 Å². The molecule has 3 aromatic rings. The summed E-state index contributed by atoms with van der Waals surface area (Å²) in [5.74, 6) is 5.97. The monoisotopic (exact) mass is 353 g/mol. The Kier molecular flexibility index (Phi) is 4.62. The van der Waals surface area contributed by atoms with E-state index in [0.717, 1.165) is 0 Å². The molecule has 0 amide bonds. The minimum absolute atomic E-state index is 0.161. The first-order chi connectivity index (χ1) is 12.4. The van der Waals surface area contributed by atoms with E-state index in [2.05, 4.69) is 26.8 Å². The number of nitrogen functional groups attached to an aromatic ring is 1. The van der Waals surface area contributed by atoms with Gasteiger partial charge in [-0.1, -0.05) is 31.9 Å². The number of hydrogen-bond acceptors (Lipinski definition) is 5. The summed E-state index contributed by atoms with van der Waals surface area (Å²) >= 11 is 0. The number of nitrogens with zero attached hydrogens (tertiary/aromatic N) is 4. The smallest absolute Gasteiger partial charge is 0.209 e. The van der Waals surface area contributed by atoms with Crippen molar-refractivity contribution >= 4 is 17.0 Å². The maximum atomic E-state index is 14.1. The number of aryl methyl sites for hydroxylation is 1. The predicted octanol–water partition coefficient (Wildman–Crippen LogP) is 2.65. The summed E-state index contributed by atoms with van der Waals surface area (Å²) in [5, 5.41) is 10.3.